The average molecular weight is 367 g/mol. The van der Waals surface area contributed by atoms with Crippen molar-refractivity contribution in [1.29, 1.82) is 0 Å². The molecule has 0 spiro atoms. The number of nitrogens with two attached hydrogens (primary N) is 1. The minimum Gasteiger partial charge on any atom is -0.466 e. The summed E-state index contributed by atoms with van der Waals surface area (Å²) in [5.74, 6) is -2.22. The summed E-state index contributed by atoms with van der Waals surface area (Å²) in [7, 11) is 1.16. The molecule has 26 heavy (non-hydrogen) atoms. The van der Waals surface area contributed by atoms with Crippen LogP contribution in [0.4, 0.5) is 0 Å². The number of pyridine rings is 1. The normalized spacial score (nSPS) is 25.2. The topological polar surface area (TPSA) is 149 Å². The zero-order chi connectivity index (χ0) is 19.3. The van der Waals surface area contributed by atoms with Gasteiger partial charge in [-0.1, -0.05) is 0 Å². The second kappa shape index (κ2) is 8.52. The molecule has 1 saturated heterocycles. The minimum atomic E-state index is -1.33. The highest BCUT2D eigenvalue weighted by molar-refractivity contribution is 5.92. The fraction of sp³-hybridized carbons (Fsp3) is 0.375. The van der Waals surface area contributed by atoms with Crippen LogP contribution in [0, 0.1) is 0 Å². The van der Waals surface area contributed by atoms with E-state index in [0.29, 0.717) is 0 Å². The number of aromatic nitrogens is 1. The number of methoxy groups -OCH3 is 1. The smallest absolute Gasteiger partial charge is 0.331 e. The lowest BCUT2D eigenvalue weighted by Gasteiger charge is -2.12. The summed E-state index contributed by atoms with van der Waals surface area (Å²) >= 11 is 0. The number of carbonyl (C=O) groups is 3. The van der Waals surface area contributed by atoms with E-state index in [-0.39, 0.29) is 12.2 Å². The van der Waals surface area contributed by atoms with Crippen molar-refractivity contribution in [2.75, 3.05) is 13.7 Å². The maximum atomic E-state index is 11.5. The van der Waals surface area contributed by atoms with Crippen molar-refractivity contribution in [3.05, 3.63) is 42.2 Å². The van der Waals surface area contributed by atoms with Gasteiger partial charge in [0, 0.05) is 18.2 Å². The summed E-state index contributed by atoms with van der Waals surface area (Å²) in [6.45, 7) is -0.352. The van der Waals surface area contributed by atoms with Gasteiger partial charge in [0.25, 0.3) is 12.1 Å². The highest BCUT2D eigenvalue weighted by Crippen LogP contribution is 2.25. The van der Waals surface area contributed by atoms with Crippen molar-refractivity contribution in [1.82, 2.24) is 0 Å². The molecular weight excluding hydrogens is 348 g/mol. The van der Waals surface area contributed by atoms with Crippen molar-refractivity contribution < 1.29 is 43.4 Å². The zero-order valence-electron chi connectivity index (χ0n) is 13.8. The number of ether oxygens (including phenoxy) is 3. The lowest BCUT2D eigenvalue weighted by molar-refractivity contribution is -0.765. The number of aliphatic hydroxyl groups is 2. The lowest BCUT2D eigenvalue weighted by atomic mass is 10.1. The van der Waals surface area contributed by atoms with Crippen molar-refractivity contribution in [2.45, 2.75) is 24.5 Å². The van der Waals surface area contributed by atoms with Crippen LogP contribution in [0.1, 0.15) is 16.6 Å². The van der Waals surface area contributed by atoms with E-state index < -0.39 is 42.4 Å². The van der Waals surface area contributed by atoms with Gasteiger partial charge < -0.3 is 30.2 Å². The van der Waals surface area contributed by atoms with E-state index in [0.717, 1.165) is 19.3 Å². The van der Waals surface area contributed by atoms with Gasteiger partial charge in [-0.15, -0.1) is 0 Å². The Balaban J connectivity index is 2.00. The summed E-state index contributed by atoms with van der Waals surface area (Å²) in [5, 5.41) is 20.2. The number of rotatable bonds is 6. The van der Waals surface area contributed by atoms with Crippen molar-refractivity contribution >= 4 is 17.8 Å². The predicted octanol–water partition coefficient (Wildman–Crippen LogP) is -2.04. The molecule has 1 aromatic rings. The average Bonchev–Trinajstić information content (AvgIpc) is 2.92. The fourth-order valence-corrected chi connectivity index (χ4v) is 2.33. The summed E-state index contributed by atoms with van der Waals surface area (Å²) in [6.07, 6.45) is -0.00591. The van der Waals surface area contributed by atoms with Crippen LogP contribution in [0.5, 0.6) is 0 Å². The second-order valence-corrected chi connectivity index (χ2v) is 5.44. The molecule has 2 heterocycles. The molecule has 140 valence electrons. The molecule has 1 fully saturated rings. The van der Waals surface area contributed by atoms with Crippen LogP contribution in [0.15, 0.2) is 36.7 Å². The molecule has 0 radical (unpaired) electrons. The molecule has 0 aliphatic carbocycles. The Kier molecular flexibility index (Phi) is 6.39. The Morgan fingerprint density at radius 1 is 1.27 bits per heavy atom. The third kappa shape index (κ3) is 4.63. The van der Waals surface area contributed by atoms with Crippen LogP contribution >= 0.6 is 0 Å². The molecule has 0 saturated carbocycles. The zero-order valence-corrected chi connectivity index (χ0v) is 13.8. The van der Waals surface area contributed by atoms with Gasteiger partial charge in [-0.25, -0.2) is 9.59 Å². The maximum Gasteiger partial charge on any atom is 0.331 e. The maximum absolute atomic E-state index is 11.5. The Morgan fingerprint density at radius 2 is 1.96 bits per heavy atom. The predicted molar refractivity (Wildman–Crippen MR) is 83.2 cm³/mol. The monoisotopic (exact) mass is 367 g/mol. The first-order valence-electron chi connectivity index (χ1n) is 7.58. The molecule has 0 aromatic carbocycles. The van der Waals surface area contributed by atoms with E-state index in [1.807, 2.05) is 0 Å². The number of primary amides is 1. The summed E-state index contributed by atoms with van der Waals surface area (Å²) in [4.78, 5) is 33.6. The lowest BCUT2D eigenvalue weighted by Crippen LogP contribution is -2.46. The van der Waals surface area contributed by atoms with Gasteiger partial charge in [-0.2, -0.15) is 4.57 Å². The van der Waals surface area contributed by atoms with Crippen LogP contribution in [-0.4, -0.2) is 60.1 Å². The number of nitrogens with zero attached hydrogens (tertiary/aromatic N) is 1. The number of esters is 2. The fourth-order valence-electron chi connectivity index (χ4n) is 2.33. The quantitative estimate of drug-likeness (QED) is 0.296. The highest BCUT2D eigenvalue weighted by Gasteiger charge is 2.48. The van der Waals surface area contributed by atoms with Crippen LogP contribution in [-0.2, 0) is 23.8 Å². The summed E-state index contributed by atoms with van der Waals surface area (Å²) < 4.78 is 16.1. The number of amides is 1. The van der Waals surface area contributed by atoms with E-state index in [1.54, 1.807) is 0 Å². The van der Waals surface area contributed by atoms with Gasteiger partial charge in [0.05, 0.1) is 7.11 Å². The summed E-state index contributed by atoms with van der Waals surface area (Å²) in [5.41, 5.74) is 5.40. The first kappa shape index (κ1) is 19.5. The molecular formula is C16H19N2O8+. The third-order valence-electron chi connectivity index (χ3n) is 3.68. The first-order valence-corrected chi connectivity index (χ1v) is 7.58. The van der Waals surface area contributed by atoms with Crippen molar-refractivity contribution in [2.24, 2.45) is 5.73 Å². The highest BCUT2D eigenvalue weighted by atomic mass is 16.6. The van der Waals surface area contributed by atoms with Gasteiger partial charge in [0.1, 0.15) is 24.4 Å². The van der Waals surface area contributed by atoms with Crippen molar-refractivity contribution in [3.63, 3.8) is 0 Å². The molecule has 0 unspecified atom stereocenters. The standard InChI is InChI=1S/C16H18N2O8/c1-24-11(19)4-5-12(20)25-8-10-13(21)14(22)16(26-10)18-6-2-3-9(7-18)15(17)23/h2-7,10,13-14,16,21-22H,8H2,1H3,(H-,17,23)/p+1/b5-4+/t10-,13-,14-,16-/m1/s1. The van der Waals surface area contributed by atoms with Gasteiger partial charge >= 0.3 is 11.9 Å². The minimum absolute atomic E-state index is 0.195. The molecule has 1 aliphatic rings. The molecule has 1 aliphatic heterocycles. The number of hydrogen-bond donors (Lipinski definition) is 3. The molecule has 1 amide bonds. The van der Waals surface area contributed by atoms with Crippen LogP contribution in [0.3, 0.4) is 0 Å². The first-order chi connectivity index (χ1) is 12.3. The molecule has 10 heteroatoms. The van der Waals surface area contributed by atoms with Crippen LogP contribution in [0.2, 0.25) is 0 Å². The van der Waals surface area contributed by atoms with E-state index in [1.165, 1.54) is 29.1 Å². The third-order valence-corrected chi connectivity index (χ3v) is 3.68. The van der Waals surface area contributed by atoms with E-state index >= 15 is 0 Å². The number of hydrogen-bond acceptors (Lipinski definition) is 8. The molecule has 4 N–H and O–H groups in total. The Morgan fingerprint density at radius 3 is 2.62 bits per heavy atom. The van der Waals surface area contributed by atoms with Crippen molar-refractivity contribution in [3.8, 4) is 0 Å². The van der Waals surface area contributed by atoms with Crippen LogP contribution in [0.25, 0.3) is 0 Å². The van der Waals surface area contributed by atoms with Gasteiger partial charge in [0.2, 0.25) is 0 Å². The van der Waals surface area contributed by atoms with E-state index in [9.17, 15) is 24.6 Å². The molecule has 2 rings (SSSR count). The Labute approximate surface area is 148 Å². The Hall–Kier alpha value is -2.82. The molecule has 10 nitrogen and oxygen atoms in total. The van der Waals surface area contributed by atoms with Gasteiger partial charge in [-0.3, -0.25) is 4.79 Å². The molecule has 1 aromatic heterocycles. The largest absolute Gasteiger partial charge is 0.466 e. The SMILES string of the molecule is COC(=O)/C=C/C(=O)OC[C@H]1O[C@@H]([n+]2cccc(C(N)=O)c2)[C@H](O)[C@@H]1O. The van der Waals surface area contributed by atoms with E-state index in [4.69, 9.17) is 15.2 Å². The Bertz CT molecular complexity index is 720. The van der Waals surface area contributed by atoms with E-state index in [2.05, 4.69) is 4.74 Å². The molecule has 4 atom stereocenters. The number of aliphatic hydroxyl groups excluding tert-OH is 2. The summed E-state index contributed by atoms with van der Waals surface area (Å²) in [6, 6.07) is 3.02. The van der Waals surface area contributed by atoms with Gasteiger partial charge in [-0.05, 0) is 6.07 Å². The second-order valence-electron chi connectivity index (χ2n) is 5.44. The van der Waals surface area contributed by atoms with Gasteiger partial charge in [0.15, 0.2) is 18.5 Å². The van der Waals surface area contributed by atoms with Crippen LogP contribution < -0.4 is 10.3 Å². The molecule has 0 bridgehead atoms. The number of carbonyl (C=O) groups excluding carboxylic acids is 3.